The summed E-state index contributed by atoms with van der Waals surface area (Å²) in [6.45, 7) is 5.49. The summed E-state index contributed by atoms with van der Waals surface area (Å²) >= 11 is 1.18. The minimum absolute atomic E-state index is 0.159. The molecule has 0 aliphatic heterocycles. The smallest absolute Gasteiger partial charge is 0.251 e. The van der Waals surface area contributed by atoms with Gasteiger partial charge in [-0.15, -0.1) is 11.3 Å². The van der Waals surface area contributed by atoms with Gasteiger partial charge in [0.2, 0.25) is 0 Å². The number of hydrogen-bond acceptors (Lipinski definition) is 7. The van der Waals surface area contributed by atoms with E-state index in [-0.39, 0.29) is 18.8 Å². The van der Waals surface area contributed by atoms with Crippen LogP contribution in [0, 0.1) is 5.82 Å². The van der Waals surface area contributed by atoms with Crippen molar-refractivity contribution in [2.24, 2.45) is 5.73 Å². The molecule has 2 heterocycles. The van der Waals surface area contributed by atoms with E-state index in [1.807, 2.05) is 6.92 Å². The summed E-state index contributed by atoms with van der Waals surface area (Å²) in [6.07, 6.45) is -0.256. The Kier molecular flexibility index (Phi) is 7.80. The molecule has 0 aliphatic carbocycles. The Bertz CT molecular complexity index is 1130. The number of benzene rings is 1. The van der Waals surface area contributed by atoms with Gasteiger partial charge in [-0.05, 0) is 50.1 Å². The standard InChI is InChI=1S/C24H28FN3O4S/c1-4-19(29)14-8-9-16(18(25)10-14)20-11-17(22(26)30)23(33-20)28-21-7-5-6-15(27-21)12-32-13-24(2,3)31/h5-11,19,29,31H,4,12-13H2,1-3H3,(H2,26,30)(H,27,28). The molecule has 1 atom stereocenters. The average molecular weight is 474 g/mol. The maximum atomic E-state index is 14.8. The lowest BCUT2D eigenvalue weighted by Crippen LogP contribution is -2.25. The van der Waals surface area contributed by atoms with E-state index in [4.69, 9.17) is 10.5 Å². The first-order valence-electron chi connectivity index (χ1n) is 10.5. The molecule has 7 nitrogen and oxygen atoms in total. The lowest BCUT2D eigenvalue weighted by atomic mass is 10.0. The summed E-state index contributed by atoms with van der Waals surface area (Å²) < 4.78 is 20.3. The molecule has 0 spiro atoms. The third-order valence-corrected chi connectivity index (χ3v) is 5.86. The summed E-state index contributed by atoms with van der Waals surface area (Å²) in [4.78, 5) is 17.0. The second kappa shape index (κ2) is 10.4. The van der Waals surface area contributed by atoms with Crippen LogP contribution in [0.5, 0.6) is 0 Å². The number of amides is 1. The normalized spacial score (nSPS) is 12.5. The topological polar surface area (TPSA) is 118 Å². The number of anilines is 2. The van der Waals surface area contributed by atoms with E-state index in [1.165, 1.54) is 17.4 Å². The highest BCUT2D eigenvalue weighted by atomic mass is 32.1. The molecule has 0 aliphatic rings. The first kappa shape index (κ1) is 24.8. The SMILES string of the molecule is CCC(O)c1ccc(-c2cc(C(N)=O)c(Nc3cccc(COCC(C)(C)O)n3)s2)c(F)c1. The number of rotatable bonds is 10. The lowest BCUT2D eigenvalue weighted by molar-refractivity contribution is -0.0276. The van der Waals surface area contributed by atoms with Crippen molar-refractivity contribution in [2.75, 3.05) is 11.9 Å². The Balaban J connectivity index is 1.84. The quantitative estimate of drug-likeness (QED) is 0.344. The maximum absolute atomic E-state index is 14.8. The minimum atomic E-state index is -0.943. The Morgan fingerprint density at radius 1 is 1.30 bits per heavy atom. The number of halogens is 1. The lowest BCUT2D eigenvalue weighted by Gasteiger charge is -2.16. The van der Waals surface area contributed by atoms with Crippen LogP contribution in [-0.2, 0) is 11.3 Å². The molecule has 0 saturated carbocycles. The minimum Gasteiger partial charge on any atom is -0.388 e. The van der Waals surface area contributed by atoms with Crippen molar-refractivity contribution in [3.63, 3.8) is 0 Å². The molecule has 3 rings (SSSR count). The number of thiophene rings is 1. The van der Waals surface area contributed by atoms with Crippen LogP contribution >= 0.6 is 11.3 Å². The number of ether oxygens (including phenoxy) is 1. The molecular weight excluding hydrogens is 445 g/mol. The van der Waals surface area contributed by atoms with Crippen molar-refractivity contribution in [1.29, 1.82) is 0 Å². The number of hydrogen-bond donors (Lipinski definition) is 4. The first-order chi connectivity index (χ1) is 15.6. The van der Waals surface area contributed by atoms with E-state index < -0.39 is 23.4 Å². The Morgan fingerprint density at radius 3 is 2.70 bits per heavy atom. The molecule has 176 valence electrons. The second-order valence-electron chi connectivity index (χ2n) is 8.33. The number of nitrogens with zero attached hydrogens (tertiary/aromatic N) is 1. The summed E-state index contributed by atoms with van der Waals surface area (Å²) in [7, 11) is 0. The number of nitrogens with one attached hydrogen (secondary N) is 1. The zero-order valence-corrected chi connectivity index (χ0v) is 19.6. The third kappa shape index (κ3) is 6.58. The third-order valence-electron chi connectivity index (χ3n) is 4.78. The molecule has 0 radical (unpaired) electrons. The van der Waals surface area contributed by atoms with Crippen LogP contribution in [0.25, 0.3) is 10.4 Å². The number of aliphatic hydroxyl groups excluding tert-OH is 1. The van der Waals surface area contributed by atoms with Crippen molar-refractivity contribution in [1.82, 2.24) is 4.98 Å². The maximum Gasteiger partial charge on any atom is 0.251 e. The van der Waals surface area contributed by atoms with E-state index in [0.717, 1.165) is 0 Å². The Morgan fingerprint density at radius 2 is 2.06 bits per heavy atom. The molecule has 0 bridgehead atoms. The van der Waals surface area contributed by atoms with Gasteiger partial charge in [0.25, 0.3) is 5.91 Å². The fraction of sp³-hybridized carbons (Fsp3) is 0.333. The number of nitrogens with two attached hydrogens (primary N) is 1. The van der Waals surface area contributed by atoms with Crippen LogP contribution in [-0.4, -0.2) is 33.3 Å². The predicted octanol–water partition coefficient (Wildman–Crippen LogP) is 4.52. The molecule has 33 heavy (non-hydrogen) atoms. The van der Waals surface area contributed by atoms with Crippen LogP contribution in [0.3, 0.4) is 0 Å². The van der Waals surface area contributed by atoms with Crippen LogP contribution in [0.15, 0.2) is 42.5 Å². The summed E-state index contributed by atoms with van der Waals surface area (Å²) in [5.74, 6) is -0.673. The van der Waals surface area contributed by atoms with Crippen LogP contribution in [0.1, 0.15) is 54.9 Å². The van der Waals surface area contributed by atoms with Gasteiger partial charge >= 0.3 is 0 Å². The molecule has 5 N–H and O–H groups in total. The molecule has 9 heteroatoms. The summed E-state index contributed by atoms with van der Waals surface area (Å²) in [5.41, 5.74) is 6.27. The van der Waals surface area contributed by atoms with Crippen molar-refractivity contribution >= 4 is 28.1 Å². The van der Waals surface area contributed by atoms with E-state index >= 15 is 0 Å². The molecule has 2 aromatic heterocycles. The van der Waals surface area contributed by atoms with E-state index in [9.17, 15) is 19.4 Å². The van der Waals surface area contributed by atoms with Crippen molar-refractivity contribution in [3.8, 4) is 10.4 Å². The molecule has 3 aromatic rings. The van der Waals surface area contributed by atoms with E-state index in [0.29, 0.717) is 38.9 Å². The zero-order chi connectivity index (χ0) is 24.2. The average Bonchev–Trinajstić information content (AvgIpc) is 3.16. The van der Waals surface area contributed by atoms with Crippen molar-refractivity contribution in [3.05, 3.63) is 65.1 Å². The van der Waals surface area contributed by atoms with Gasteiger partial charge in [0, 0.05) is 10.4 Å². The number of aliphatic hydroxyl groups is 2. The van der Waals surface area contributed by atoms with E-state index in [2.05, 4.69) is 10.3 Å². The van der Waals surface area contributed by atoms with Gasteiger partial charge in [-0.1, -0.05) is 25.1 Å². The molecule has 1 unspecified atom stereocenters. The van der Waals surface area contributed by atoms with E-state index in [1.54, 1.807) is 50.2 Å². The van der Waals surface area contributed by atoms with Crippen LogP contribution in [0.4, 0.5) is 15.2 Å². The van der Waals surface area contributed by atoms with Gasteiger partial charge in [-0.25, -0.2) is 9.37 Å². The highest BCUT2D eigenvalue weighted by molar-refractivity contribution is 7.19. The number of carbonyl (C=O) groups is 1. The number of aromatic nitrogens is 1. The number of carbonyl (C=O) groups excluding carboxylic acids is 1. The van der Waals surface area contributed by atoms with Gasteiger partial charge in [-0.2, -0.15) is 0 Å². The van der Waals surface area contributed by atoms with Crippen molar-refractivity contribution < 1.29 is 24.1 Å². The van der Waals surface area contributed by atoms with Gasteiger partial charge in [0.1, 0.15) is 16.6 Å². The van der Waals surface area contributed by atoms with Gasteiger partial charge < -0.3 is 26.0 Å². The van der Waals surface area contributed by atoms with Gasteiger partial charge in [-0.3, -0.25) is 4.79 Å². The highest BCUT2D eigenvalue weighted by Gasteiger charge is 2.19. The molecule has 0 saturated heterocycles. The number of pyridine rings is 1. The second-order valence-corrected chi connectivity index (χ2v) is 9.38. The molecule has 0 fully saturated rings. The Hall–Kier alpha value is -2.85. The summed E-state index contributed by atoms with van der Waals surface area (Å²) in [6, 6.07) is 11.4. The molecular formula is C24H28FN3O4S. The first-order valence-corrected chi connectivity index (χ1v) is 11.3. The van der Waals surface area contributed by atoms with Crippen LogP contribution in [0.2, 0.25) is 0 Å². The predicted molar refractivity (Wildman–Crippen MR) is 127 cm³/mol. The van der Waals surface area contributed by atoms with Crippen LogP contribution < -0.4 is 11.1 Å². The molecule has 1 aromatic carbocycles. The van der Waals surface area contributed by atoms with Gasteiger partial charge in [0.05, 0.1) is 36.2 Å². The summed E-state index contributed by atoms with van der Waals surface area (Å²) in [5, 5.41) is 23.2. The Labute approximate surface area is 196 Å². The monoisotopic (exact) mass is 473 g/mol. The fourth-order valence-electron chi connectivity index (χ4n) is 3.13. The largest absolute Gasteiger partial charge is 0.388 e. The molecule has 1 amide bonds. The fourth-order valence-corrected chi connectivity index (χ4v) is 4.22. The number of primary amides is 1. The highest BCUT2D eigenvalue weighted by Crippen LogP contribution is 2.38. The van der Waals surface area contributed by atoms with Crippen molar-refractivity contribution in [2.45, 2.75) is 45.5 Å². The van der Waals surface area contributed by atoms with Gasteiger partial charge in [0.15, 0.2) is 0 Å². The zero-order valence-electron chi connectivity index (χ0n) is 18.8.